The van der Waals surface area contributed by atoms with Crippen LogP contribution in [0.25, 0.3) is 0 Å². The van der Waals surface area contributed by atoms with Crippen LogP contribution in [0.15, 0.2) is 24.3 Å². The number of rotatable bonds is 4. The first-order chi connectivity index (χ1) is 11.3. The van der Waals surface area contributed by atoms with Gasteiger partial charge in [-0.25, -0.2) is 22.2 Å². The molecule has 1 atom stereocenters. The Labute approximate surface area is 138 Å². The molecule has 2 N–H and O–H groups in total. The molecule has 2 heterocycles. The predicted molar refractivity (Wildman–Crippen MR) is 87.1 cm³/mol. The smallest absolute Gasteiger partial charge is 0.225 e. The van der Waals surface area contributed by atoms with E-state index in [1.54, 1.807) is 13.0 Å². The maximum absolute atomic E-state index is 13.3. The molecule has 1 aliphatic heterocycles. The lowest BCUT2D eigenvalue weighted by atomic mass is 10.3. The largest absolute Gasteiger partial charge is 0.350 e. The number of nitrogens with one attached hydrogen (secondary N) is 2. The molecule has 1 unspecified atom stereocenters. The van der Waals surface area contributed by atoms with Gasteiger partial charge >= 0.3 is 0 Å². The molecule has 0 radical (unpaired) electrons. The van der Waals surface area contributed by atoms with Crippen LogP contribution in [0.5, 0.6) is 0 Å². The maximum Gasteiger partial charge on any atom is 0.225 e. The SMILES string of the molecule is Cc1cc(Nc2ccc(F)c(F)c2)nc(NC2CCS(=O)(=O)C2)n1. The summed E-state index contributed by atoms with van der Waals surface area (Å²) in [4.78, 5) is 8.48. The number of halogens is 2. The monoisotopic (exact) mass is 354 g/mol. The highest BCUT2D eigenvalue weighted by Crippen LogP contribution is 2.20. The molecule has 1 fully saturated rings. The van der Waals surface area contributed by atoms with Gasteiger partial charge in [-0.05, 0) is 25.5 Å². The van der Waals surface area contributed by atoms with Crippen molar-refractivity contribution in [3.05, 3.63) is 41.6 Å². The fraction of sp³-hybridized carbons (Fsp3) is 0.333. The minimum absolute atomic E-state index is 0.0518. The summed E-state index contributed by atoms with van der Waals surface area (Å²) in [6.45, 7) is 1.76. The number of benzene rings is 1. The first-order valence-corrected chi connectivity index (χ1v) is 9.17. The molecule has 0 amide bonds. The molecule has 1 saturated heterocycles. The van der Waals surface area contributed by atoms with Gasteiger partial charge in [-0.15, -0.1) is 0 Å². The standard InChI is InChI=1S/C15H16F2N4O2S/c1-9-6-14(19-10-2-3-12(16)13(17)7-10)21-15(18-9)20-11-4-5-24(22,23)8-11/h2-3,6-7,11H,4-5,8H2,1H3,(H2,18,19,20,21). The van der Waals surface area contributed by atoms with Gasteiger partial charge in [0.2, 0.25) is 5.95 Å². The van der Waals surface area contributed by atoms with Gasteiger partial charge in [0.1, 0.15) is 5.82 Å². The molecule has 3 rings (SSSR count). The Balaban J connectivity index is 1.77. The van der Waals surface area contributed by atoms with E-state index in [0.29, 0.717) is 29.6 Å². The first-order valence-electron chi connectivity index (χ1n) is 7.35. The third-order valence-electron chi connectivity index (χ3n) is 3.61. The lowest BCUT2D eigenvalue weighted by Gasteiger charge is -2.13. The molecule has 9 heteroatoms. The number of nitrogens with zero attached hydrogens (tertiary/aromatic N) is 2. The van der Waals surface area contributed by atoms with Crippen LogP contribution in [0, 0.1) is 18.6 Å². The molecular weight excluding hydrogens is 338 g/mol. The average Bonchev–Trinajstić information content (AvgIpc) is 2.81. The van der Waals surface area contributed by atoms with Gasteiger partial charge < -0.3 is 10.6 Å². The molecule has 1 aromatic heterocycles. The Morgan fingerprint density at radius 1 is 1.17 bits per heavy atom. The van der Waals surface area contributed by atoms with E-state index in [9.17, 15) is 17.2 Å². The fourth-order valence-electron chi connectivity index (χ4n) is 2.51. The Bertz CT molecular complexity index is 874. The van der Waals surface area contributed by atoms with Gasteiger partial charge in [0.25, 0.3) is 0 Å². The maximum atomic E-state index is 13.3. The lowest BCUT2D eigenvalue weighted by Crippen LogP contribution is -2.22. The normalized spacial score (nSPS) is 19.2. The summed E-state index contributed by atoms with van der Waals surface area (Å²) < 4.78 is 49.2. The van der Waals surface area contributed by atoms with Gasteiger partial charge in [0.05, 0.1) is 11.5 Å². The highest BCUT2D eigenvalue weighted by Gasteiger charge is 2.28. The van der Waals surface area contributed by atoms with Crippen LogP contribution in [0.2, 0.25) is 0 Å². The zero-order valence-corrected chi connectivity index (χ0v) is 13.7. The number of hydrogen-bond donors (Lipinski definition) is 2. The Morgan fingerprint density at radius 3 is 2.62 bits per heavy atom. The van der Waals surface area contributed by atoms with Crippen molar-refractivity contribution in [1.29, 1.82) is 0 Å². The predicted octanol–water partition coefficient (Wildman–Crippen LogP) is 2.41. The topological polar surface area (TPSA) is 84.0 Å². The van der Waals surface area contributed by atoms with E-state index in [0.717, 1.165) is 12.1 Å². The van der Waals surface area contributed by atoms with Crippen LogP contribution in [0.4, 0.5) is 26.2 Å². The van der Waals surface area contributed by atoms with Crippen molar-refractivity contribution in [2.45, 2.75) is 19.4 Å². The number of hydrogen-bond acceptors (Lipinski definition) is 6. The molecule has 128 valence electrons. The van der Waals surface area contributed by atoms with Crippen LogP contribution >= 0.6 is 0 Å². The second kappa shape index (κ2) is 6.31. The van der Waals surface area contributed by atoms with Crippen molar-refractivity contribution >= 4 is 27.3 Å². The summed E-state index contributed by atoms with van der Waals surface area (Å²) in [6, 6.07) is 4.87. The van der Waals surface area contributed by atoms with E-state index in [-0.39, 0.29) is 17.5 Å². The van der Waals surface area contributed by atoms with Crippen molar-refractivity contribution < 1.29 is 17.2 Å². The van der Waals surface area contributed by atoms with Crippen LogP contribution in [-0.2, 0) is 9.84 Å². The molecule has 0 saturated carbocycles. The molecule has 1 aliphatic rings. The number of anilines is 3. The van der Waals surface area contributed by atoms with Crippen molar-refractivity contribution in [2.24, 2.45) is 0 Å². The van der Waals surface area contributed by atoms with Crippen LogP contribution in [-0.4, -0.2) is 35.9 Å². The number of sulfone groups is 1. The molecule has 2 aromatic rings. The highest BCUT2D eigenvalue weighted by molar-refractivity contribution is 7.91. The van der Waals surface area contributed by atoms with E-state index in [1.165, 1.54) is 6.07 Å². The third kappa shape index (κ3) is 3.97. The molecular formula is C15H16F2N4O2S. The lowest BCUT2D eigenvalue weighted by molar-refractivity contribution is 0.509. The first kappa shape index (κ1) is 16.6. The van der Waals surface area contributed by atoms with Crippen LogP contribution in [0.3, 0.4) is 0 Å². The second-order valence-corrected chi connectivity index (χ2v) is 7.95. The summed E-state index contributed by atoms with van der Waals surface area (Å²) in [5.74, 6) is -0.990. The van der Waals surface area contributed by atoms with Gasteiger partial charge in [-0.3, -0.25) is 0 Å². The summed E-state index contributed by atoms with van der Waals surface area (Å²) >= 11 is 0. The third-order valence-corrected chi connectivity index (χ3v) is 5.38. The van der Waals surface area contributed by atoms with Crippen LogP contribution in [0.1, 0.15) is 12.1 Å². The Hall–Kier alpha value is -2.29. The van der Waals surface area contributed by atoms with Gasteiger partial charge in [-0.1, -0.05) is 0 Å². The summed E-state index contributed by atoms with van der Waals surface area (Å²) in [5.41, 5.74) is 1.000. The van der Waals surface area contributed by atoms with Crippen molar-refractivity contribution in [3.8, 4) is 0 Å². The Kier molecular flexibility index (Phi) is 4.35. The van der Waals surface area contributed by atoms with Gasteiger partial charge in [0, 0.05) is 29.6 Å². The van der Waals surface area contributed by atoms with Crippen molar-refractivity contribution in [1.82, 2.24) is 9.97 Å². The van der Waals surface area contributed by atoms with E-state index in [1.807, 2.05) is 0 Å². The zero-order valence-electron chi connectivity index (χ0n) is 12.9. The van der Waals surface area contributed by atoms with E-state index in [2.05, 4.69) is 20.6 Å². The van der Waals surface area contributed by atoms with Gasteiger partial charge in [-0.2, -0.15) is 4.98 Å². The van der Waals surface area contributed by atoms with Crippen LogP contribution < -0.4 is 10.6 Å². The van der Waals surface area contributed by atoms with E-state index < -0.39 is 21.5 Å². The van der Waals surface area contributed by atoms with E-state index >= 15 is 0 Å². The molecule has 0 aliphatic carbocycles. The molecule has 24 heavy (non-hydrogen) atoms. The Morgan fingerprint density at radius 2 is 1.96 bits per heavy atom. The summed E-state index contributed by atoms with van der Waals surface area (Å²) in [7, 11) is -3.00. The van der Waals surface area contributed by atoms with Crippen molar-refractivity contribution in [2.75, 3.05) is 22.1 Å². The summed E-state index contributed by atoms with van der Waals surface area (Å²) in [5, 5.41) is 5.89. The fourth-order valence-corrected chi connectivity index (χ4v) is 4.18. The van der Waals surface area contributed by atoms with Crippen molar-refractivity contribution in [3.63, 3.8) is 0 Å². The second-order valence-electron chi connectivity index (χ2n) is 5.72. The minimum Gasteiger partial charge on any atom is -0.350 e. The molecule has 1 aromatic carbocycles. The number of aromatic nitrogens is 2. The number of aryl methyl sites for hydroxylation is 1. The minimum atomic E-state index is -3.00. The quantitative estimate of drug-likeness (QED) is 0.877. The average molecular weight is 354 g/mol. The van der Waals surface area contributed by atoms with Gasteiger partial charge in [0.15, 0.2) is 21.5 Å². The van der Waals surface area contributed by atoms with E-state index in [4.69, 9.17) is 0 Å². The highest BCUT2D eigenvalue weighted by atomic mass is 32.2. The molecule has 6 nitrogen and oxygen atoms in total. The zero-order chi connectivity index (χ0) is 17.3. The molecule has 0 bridgehead atoms. The molecule has 0 spiro atoms. The summed E-state index contributed by atoms with van der Waals surface area (Å²) in [6.07, 6.45) is 0.506.